The monoisotopic (exact) mass is 343 g/mol. The van der Waals surface area contributed by atoms with Crippen molar-refractivity contribution in [3.63, 3.8) is 0 Å². The van der Waals surface area contributed by atoms with Gasteiger partial charge in [-0.1, -0.05) is 11.2 Å². The van der Waals surface area contributed by atoms with Crippen molar-refractivity contribution in [3.8, 4) is 22.2 Å². The molecule has 1 aliphatic rings. The standard InChI is InChI=1S/C17H17N3O3S/c1-11(17-19-16(20-23-17)15-4-2-9-24-15)18-12-5-6-13-14(10-12)22-8-3-7-21-13/h2,4-6,9-11,18H,3,7-8H2,1H3/t11-/m0/s1. The molecule has 3 heterocycles. The van der Waals surface area contributed by atoms with Gasteiger partial charge in [-0.3, -0.25) is 0 Å². The summed E-state index contributed by atoms with van der Waals surface area (Å²) in [6, 6.07) is 9.64. The zero-order chi connectivity index (χ0) is 16.4. The van der Waals surface area contributed by atoms with E-state index in [0.717, 1.165) is 28.5 Å². The molecule has 1 aliphatic heterocycles. The van der Waals surface area contributed by atoms with Crippen molar-refractivity contribution in [2.24, 2.45) is 0 Å². The molecule has 1 atom stereocenters. The maximum Gasteiger partial charge on any atom is 0.249 e. The summed E-state index contributed by atoms with van der Waals surface area (Å²) in [4.78, 5) is 5.46. The molecule has 0 amide bonds. The highest BCUT2D eigenvalue weighted by Gasteiger charge is 2.17. The number of thiophene rings is 1. The second-order valence-corrected chi connectivity index (χ2v) is 6.46. The largest absolute Gasteiger partial charge is 0.490 e. The van der Waals surface area contributed by atoms with E-state index in [0.29, 0.717) is 24.9 Å². The van der Waals surface area contributed by atoms with Gasteiger partial charge in [-0.25, -0.2) is 0 Å². The summed E-state index contributed by atoms with van der Waals surface area (Å²) in [5.41, 5.74) is 0.919. The maximum atomic E-state index is 5.71. The van der Waals surface area contributed by atoms with E-state index in [1.54, 1.807) is 11.3 Å². The fourth-order valence-electron chi connectivity index (χ4n) is 2.48. The van der Waals surface area contributed by atoms with Gasteiger partial charge in [0.15, 0.2) is 11.5 Å². The lowest BCUT2D eigenvalue weighted by Gasteiger charge is -2.13. The fourth-order valence-corrected chi connectivity index (χ4v) is 3.13. The first kappa shape index (κ1) is 15.0. The number of aromatic nitrogens is 2. The molecular formula is C17H17N3O3S. The zero-order valence-corrected chi connectivity index (χ0v) is 14.0. The molecule has 7 heteroatoms. The summed E-state index contributed by atoms with van der Waals surface area (Å²) in [5.74, 6) is 2.70. The van der Waals surface area contributed by atoms with E-state index in [4.69, 9.17) is 14.0 Å². The third kappa shape index (κ3) is 3.07. The van der Waals surface area contributed by atoms with Crippen LogP contribution >= 0.6 is 11.3 Å². The molecule has 0 radical (unpaired) electrons. The second kappa shape index (κ2) is 6.52. The van der Waals surface area contributed by atoms with E-state index in [1.165, 1.54) is 0 Å². The predicted octanol–water partition coefficient (Wildman–Crippen LogP) is 4.13. The molecule has 4 rings (SSSR count). The summed E-state index contributed by atoms with van der Waals surface area (Å²) in [5, 5.41) is 9.39. The van der Waals surface area contributed by atoms with Crippen molar-refractivity contribution < 1.29 is 14.0 Å². The van der Waals surface area contributed by atoms with E-state index in [9.17, 15) is 0 Å². The van der Waals surface area contributed by atoms with Crippen LogP contribution in [0.5, 0.6) is 11.5 Å². The van der Waals surface area contributed by atoms with Crippen LogP contribution in [-0.4, -0.2) is 23.4 Å². The molecule has 1 aromatic carbocycles. The van der Waals surface area contributed by atoms with E-state index in [-0.39, 0.29) is 6.04 Å². The van der Waals surface area contributed by atoms with Gasteiger partial charge < -0.3 is 19.3 Å². The van der Waals surface area contributed by atoms with Gasteiger partial charge in [0.1, 0.15) is 6.04 Å². The Morgan fingerprint density at radius 3 is 2.88 bits per heavy atom. The molecule has 2 aromatic heterocycles. The number of hydrogen-bond donors (Lipinski definition) is 1. The molecule has 0 spiro atoms. The van der Waals surface area contributed by atoms with Crippen LogP contribution in [-0.2, 0) is 0 Å². The molecule has 0 saturated carbocycles. The Balaban J connectivity index is 1.50. The Morgan fingerprint density at radius 2 is 2.04 bits per heavy atom. The molecule has 0 unspecified atom stereocenters. The summed E-state index contributed by atoms with van der Waals surface area (Å²) in [6.07, 6.45) is 0.890. The molecule has 0 bridgehead atoms. The minimum atomic E-state index is -0.115. The van der Waals surface area contributed by atoms with E-state index < -0.39 is 0 Å². The van der Waals surface area contributed by atoms with Crippen LogP contribution in [0.2, 0.25) is 0 Å². The zero-order valence-electron chi connectivity index (χ0n) is 13.2. The van der Waals surface area contributed by atoms with Crippen molar-refractivity contribution in [1.82, 2.24) is 10.1 Å². The maximum absolute atomic E-state index is 5.71. The Kier molecular flexibility index (Phi) is 4.08. The van der Waals surface area contributed by atoms with Crippen LogP contribution in [0.3, 0.4) is 0 Å². The topological polar surface area (TPSA) is 69.4 Å². The molecule has 6 nitrogen and oxygen atoms in total. The van der Waals surface area contributed by atoms with Gasteiger partial charge in [0, 0.05) is 18.2 Å². The van der Waals surface area contributed by atoms with E-state index >= 15 is 0 Å². The van der Waals surface area contributed by atoms with Crippen LogP contribution in [0.4, 0.5) is 5.69 Å². The molecular weight excluding hydrogens is 326 g/mol. The summed E-state index contributed by atoms with van der Waals surface area (Å²) in [7, 11) is 0. The number of fused-ring (bicyclic) bond motifs is 1. The minimum absolute atomic E-state index is 0.115. The smallest absolute Gasteiger partial charge is 0.249 e. The van der Waals surface area contributed by atoms with Gasteiger partial charge in [-0.15, -0.1) is 11.3 Å². The van der Waals surface area contributed by atoms with Crippen molar-refractivity contribution in [1.29, 1.82) is 0 Å². The Hall–Kier alpha value is -2.54. The first-order chi connectivity index (χ1) is 11.8. The third-order valence-corrected chi connectivity index (χ3v) is 4.55. The van der Waals surface area contributed by atoms with E-state index in [1.807, 2.05) is 42.6 Å². The van der Waals surface area contributed by atoms with Crippen LogP contribution in [0, 0.1) is 0 Å². The molecule has 1 N–H and O–H groups in total. The average Bonchev–Trinajstić information content (AvgIpc) is 3.22. The first-order valence-electron chi connectivity index (χ1n) is 7.83. The van der Waals surface area contributed by atoms with Gasteiger partial charge in [0.25, 0.3) is 0 Å². The van der Waals surface area contributed by atoms with Crippen LogP contribution < -0.4 is 14.8 Å². The molecule has 24 heavy (non-hydrogen) atoms. The van der Waals surface area contributed by atoms with Crippen LogP contribution in [0.25, 0.3) is 10.7 Å². The molecule has 0 aliphatic carbocycles. The highest BCUT2D eigenvalue weighted by atomic mass is 32.1. The van der Waals surface area contributed by atoms with Crippen LogP contribution in [0.1, 0.15) is 25.3 Å². The lowest BCUT2D eigenvalue weighted by Crippen LogP contribution is -2.07. The van der Waals surface area contributed by atoms with Gasteiger partial charge in [-0.05, 0) is 30.5 Å². The lowest BCUT2D eigenvalue weighted by atomic mass is 10.2. The first-order valence-corrected chi connectivity index (χ1v) is 8.71. The number of benzene rings is 1. The highest BCUT2D eigenvalue weighted by molar-refractivity contribution is 7.13. The van der Waals surface area contributed by atoms with Gasteiger partial charge in [0.2, 0.25) is 11.7 Å². The summed E-state index contributed by atoms with van der Waals surface area (Å²) in [6.45, 7) is 3.33. The lowest BCUT2D eigenvalue weighted by molar-refractivity contribution is 0.297. The number of nitrogens with zero attached hydrogens (tertiary/aromatic N) is 2. The third-order valence-electron chi connectivity index (χ3n) is 3.68. The number of rotatable bonds is 4. The number of ether oxygens (including phenoxy) is 2. The van der Waals surface area contributed by atoms with Gasteiger partial charge in [0.05, 0.1) is 18.1 Å². The van der Waals surface area contributed by atoms with Crippen LogP contribution in [0.15, 0.2) is 40.2 Å². The minimum Gasteiger partial charge on any atom is -0.490 e. The van der Waals surface area contributed by atoms with E-state index in [2.05, 4.69) is 15.5 Å². The fraction of sp³-hybridized carbons (Fsp3) is 0.294. The number of hydrogen-bond acceptors (Lipinski definition) is 7. The SMILES string of the molecule is C[C@H](Nc1ccc2c(c1)OCCCO2)c1nc(-c2cccs2)no1. The molecule has 124 valence electrons. The normalized spacial score (nSPS) is 14.9. The highest BCUT2D eigenvalue weighted by Crippen LogP contribution is 2.33. The summed E-state index contributed by atoms with van der Waals surface area (Å²) >= 11 is 1.59. The van der Waals surface area contributed by atoms with Crippen molar-refractivity contribution in [3.05, 3.63) is 41.6 Å². The number of nitrogens with one attached hydrogen (secondary N) is 1. The molecule has 0 fully saturated rings. The van der Waals surface area contributed by atoms with Crippen molar-refractivity contribution in [2.75, 3.05) is 18.5 Å². The molecule has 3 aromatic rings. The Morgan fingerprint density at radius 1 is 1.17 bits per heavy atom. The Labute approximate surface area is 143 Å². The van der Waals surface area contributed by atoms with Gasteiger partial charge >= 0.3 is 0 Å². The predicted molar refractivity (Wildman–Crippen MR) is 91.7 cm³/mol. The second-order valence-electron chi connectivity index (χ2n) is 5.51. The van der Waals surface area contributed by atoms with Crippen molar-refractivity contribution in [2.45, 2.75) is 19.4 Å². The molecule has 0 saturated heterocycles. The quantitative estimate of drug-likeness (QED) is 0.768. The average molecular weight is 343 g/mol. The Bertz CT molecular complexity index is 816. The van der Waals surface area contributed by atoms with Gasteiger partial charge in [-0.2, -0.15) is 4.98 Å². The number of anilines is 1. The summed E-state index contributed by atoms with van der Waals surface area (Å²) < 4.78 is 16.7. The van der Waals surface area contributed by atoms with Crippen molar-refractivity contribution >= 4 is 17.0 Å².